The normalized spacial score (nSPS) is 14.3. The Labute approximate surface area is 155 Å². The summed E-state index contributed by atoms with van der Waals surface area (Å²) in [4.78, 5) is 4.47. The third-order valence-corrected chi connectivity index (χ3v) is 4.13. The van der Waals surface area contributed by atoms with E-state index in [1.54, 1.807) is 19.1 Å². The molecule has 1 aromatic carbocycles. The molecule has 0 bridgehead atoms. The molecule has 0 amide bonds. The molecule has 1 aliphatic heterocycles. The highest BCUT2D eigenvalue weighted by molar-refractivity contribution is 6.30. The second-order valence-corrected chi connectivity index (χ2v) is 6.03. The first-order valence-electron chi connectivity index (χ1n) is 7.98. The summed E-state index contributed by atoms with van der Waals surface area (Å²) in [6, 6.07) is 5.96. The minimum Gasteiger partial charge on any atom is -0.506 e. The summed E-state index contributed by atoms with van der Waals surface area (Å²) in [6.45, 7) is 2.84. The predicted octanol–water partition coefficient (Wildman–Crippen LogP) is 4.84. The van der Waals surface area contributed by atoms with Gasteiger partial charge in [0.2, 0.25) is 0 Å². The summed E-state index contributed by atoms with van der Waals surface area (Å²) in [6.07, 6.45) is 4.05. The zero-order chi connectivity index (χ0) is 18.7. The fourth-order valence-electron chi connectivity index (χ4n) is 2.69. The minimum absolute atomic E-state index is 0.206. The Morgan fingerprint density at radius 1 is 1.42 bits per heavy atom. The van der Waals surface area contributed by atoms with Crippen LogP contribution in [0.5, 0.6) is 5.75 Å². The third-order valence-electron chi connectivity index (χ3n) is 3.89. The number of aliphatic hydroxyl groups is 1. The predicted molar refractivity (Wildman–Crippen MR) is 102 cm³/mol. The molecular weight excluding hydrogens is 357 g/mol. The maximum atomic E-state index is 14.3. The number of aromatic nitrogens is 1. The fourth-order valence-corrected chi connectivity index (χ4v) is 2.86. The summed E-state index contributed by atoms with van der Waals surface area (Å²) in [5.41, 5.74) is 1.91. The number of nitrogens with one attached hydrogen (secondary N) is 2. The van der Waals surface area contributed by atoms with E-state index in [0.29, 0.717) is 46.6 Å². The summed E-state index contributed by atoms with van der Waals surface area (Å²) in [5.74, 6) is 0.363. The van der Waals surface area contributed by atoms with Crippen molar-refractivity contribution in [1.29, 1.82) is 5.41 Å². The first-order chi connectivity index (χ1) is 12.5. The number of ether oxygens (including phenoxy) is 1. The molecule has 0 spiro atoms. The van der Waals surface area contributed by atoms with E-state index in [9.17, 15) is 9.50 Å². The van der Waals surface area contributed by atoms with Gasteiger partial charge in [-0.15, -0.1) is 0 Å². The van der Waals surface area contributed by atoms with Crippen molar-refractivity contribution in [3.8, 4) is 17.0 Å². The lowest BCUT2D eigenvalue weighted by Crippen LogP contribution is -2.20. The SMILES string of the molecule is C/C=C(\C=C(\O)C=N)c1cc(-c2cc(Cl)ccc2F)nc2c1OCCN2. The molecule has 134 valence electrons. The van der Waals surface area contributed by atoms with Crippen molar-refractivity contribution in [3.63, 3.8) is 0 Å². The molecule has 0 fully saturated rings. The quantitative estimate of drug-likeness (QED) is 0.407. The van der Waals surface area contributed by atoms with Crippen molar-refractivity contribution >= 4 is 29.2 Å². The standard InChI is InChI=1S/C19H17ClFN3O2/c1-2-11(7-13(25)10-22)14-9-17(15-8-12(20)3-4-16(15)21)24-19-18(14)26-6-5-23-19/h2-4,7-10,22,25H,5-6H2,1H3,(H,23,24)/b11-2+,13-7+,22-10?. The molecule has 5 nitrogen and oxygen atoms in total. The van der Waals surface area contributed by atoms with Crippen LogP contribution in [0, 0.1) is 11.2 Å². The highest BCUT2D eigenvalue weighted by Gasteiger charge is 2.21. The van der Waals surface area contributed by atoms with Crippen LogP contribution in [0.15, 0.2) is 42.2 Å². The van der Waals surface area contributed by atoms with Crippen molar-refractivity contribution < 1.29 is 14.2 Å². The Morgan fingerprint density at radius 2 is 2.23 bits per heavy atom. The summed E-state index contributed by atoms with van der Waals surface area (Å²) < 4.78 is 20.1. The first-order valence-corrected chi connectivity index (χ1v) is 8.36. The van der Waals surface area contributed by atoms with Gasteiger partial charge in [-0.25, -0.2) is 9.37 Å². The van der Waals surface area contributed by atoms with Crippen LogP contribution in [0.3, 0.4) is 0 Å². The summed E-state index contributed by atoms with van der Waals surface area (Å²) in [5, 5.41) is 20.4. The van der Waals surface area contributed by atoms with E-state index in [1.165, 1.54) is 24.3 Å². The van der Waals surface area contributed by atoms with Gasteiger partial charge in [0.15, 0.2) is 11.6 Å². The largest absolute Gasteiger partial charge is 0.506 e. The van der Waals surface area contributed by atoms with Crippen LogP contribution in [0.2, 0.25) is 5.02 Å². The van der Waals surface area contributed by atoms with Crippen LogP contribution >= 0.6 is 11.6 Å². The lowest BCUT2D eigenvalue weighted by molar-refractivity contribution is 0.320. The van der Waals surface area contributed by atoms with Gasteiger partial charge in [-0.2, -0.15) is 0 Å². The molecule has 0 saturated heterocycles. The van der Waals surface area contributed by atoms with Crippen molar-refractivity contribution in [1.82, 2.24) is 4.98 Å². The van der Waals surface area contributed by atoms with Gasteiger partial charge in [-0.1, -0.05) is 17.7 Å². The van der Waals surface area contributed by atoms with Crippen LogP contribution in [0.1, 0.15) is 12.5 Å². The van der Waals surface area contributed by atoms with Gasteiger partial charge >= 0.3 is 0 Å². The fraction of sp³-hybridized carbons (Fsp3) is 0.158. The highest BCUT2D eigenvalue weighted by atomic mass is 35.5. The Bertz CT molecular complexity index is 925. The molecule has 26 heavy (non-hydrogen) atoms. The smallest absolute Gasteiger partial charge is 0.170 e. The topological polar surface area (TPSA) is 78.2 Å². The number of hydrogen-bond acceptors (Lipinski definition) is 5. The van der Waals surface area contributed by atoms with Gasteiger partial charge in [0.05, 0.1) is 18.5 Å². The molecule has 0 saturated carbocycles. The third kappa shape index (κ3) is 3.55. The van der Waals surface area contributed by atoms with E-state index in [-0.39, 0.29) is 11.3 Å². The van der Waals surface area contributed by atoms with Crippen LogP contribution < -0.4 is 10.1 Å². The van der Waals surface area contributed by atoms with Crippen molar-refractivity contribution in [2.75, 3.05) is 18.5 Å². The van der Waals surface area contributed by atoms with Crippen molar-refractivity contribution in [2.45, 2.75) is 6.92 Å². The highest BCUT2D eigenvalue weighted by Crippen LogP contribution is 2.39. The lowest BCUT2D eigenvalue weighted by Gasteiger charge is -2.22. The number of pyridine rings is 1. The van der Waals surface area contributed by atoms with Crippen LogP contribution in [-0.4, -0.2) is 29.5 Å². The first kappa shape index (κ1) is 17.9. The zero-order valence-corrected chi connectivity index (χ0v) is 14.8. The van der Waals surface area contributed by atoms with E-state index in [2.05, 4.69) is 10.3 Å². The van der Waals surface area contributed by atoms with Gasteiger partial charge in [0.25, 0.3) is 0 Å². The molecule has 0 aliphatic carbocycles. The number of nitrogens with zero attached hydrogens (tertiary/aromatic N) is 1. The van der Waals surface area contributed by atoms with E-state index >= 15 is 0 Å². The van der Waals surface area contributed by atoms with Crippen molar-refractivity contribution in [2.24, 2.45) is 0 Å². The Morgan fingerprint density at radius 3 is 2.96 bits per heavy atom. The molecule has 1 aliphatic rings. The van der Waals surface area contributed by atoms with Crippen LogP contribution in [-0.2, 0) is 0 Å². The van der Waals surface area contributed by atoms with Gasteiger partial charge in [0, 0.05) is 16.1 Å². The summed E-state index contributed by atoms with van der Waals surface area (Å²) >= 11 is 6.01. The molecule has 0 atom stereocenters. The molecule has 0 radical (unpaired) electrons. The maximum Gasteiger partial charge on any atom is 0.170 e. The number of halogens is 2. The minimum atomic E-state index is -0.440. The number of fused-ring (bicyclic) bond motifs is 1. The monoisotopic (exact) mass is 373 g/mol. The number of anilines is 1. The second-order valence-electron chi connectivity index (χ2n) is 5.59. The van der Waals surface area contributed by atoms with E-state index < -0.39 is 5.82 Å². The maximum absolute atomic E-state index is 14.3. The second kappa shape index (κ2) is 7.58. The Kier molecular flexibility index (Phi) is 5.23. The van der Waals surface area contributed by atoms with Gasteiger partial charge < -0.3 is 20.6 Å². The number of hydrogen-bond donors (Lipinski definition) is 3. The molecule has 3 rings (SSSR count). The van der Waals surface area contributed by atoms with Crippen molar-refractivity contribution in [3.05, 3.63) is 58.6 Å². The van der Waals surface area contributed by atoms with E-state index in [0.717, 1.165) is 6.21 Å². The van der Waals surface area contributed by atoms with E-state index in [1.807, 2.05) is 0 Å². The Balaban J connectivity index is 2.23. The molecule has 0 unspecified atom stereocenters. The molecule has 7 heteroatoms. The molecule has 1 aromatic heterocycles. The van der Waals surface area contributed by atoms with Gasteiger partial charge in [0.1, 0.15) is 18.2 Å². The number of allylic oxidation sites excluding steroid dienone is 4. The number of benzene rings is 1. The van der Waals surface area contributed by atoms with Gasteiger partial charge in [-0.3, -0.25) is 0 Å². The van der Waals surface area contributed by atoms with Gasteiger partial charge in [-0.05, 0) is 42.8 Å². The average Bonchev–Trinajstić information content (AvgIpc) is 2.67. The molecule has 2 heterocycles. The zero-order valence-electron chi connectivity index (χ0n) is 14.0. The summed E-state index contributed by atoms with van der Waals surface area (Å²) in [7, 11) is 0. The van der Waals surface area contributed by atoms with E-state index in [4.69, 9.17) is 21.7 Å². The lowest BCUT2D eigenvalue weighted by atomic mass is 10.0. The molecule has 3 N–H and O–H groups in total. The van der Waals surface area contributed by atoms with Crippen LogP contribution in [0.4, 0.5) is 10.2 Å². The van der Waals surface area contributed by atoms with Crippen LogP contribution in [0.25, 0.3) is 16.8 Å². The molecular formula is C19H17ClFN3O2. The number of rotatable bonds is 4. The molecule has 2 aromatic rings. The Hall–Kier alpha value is -2.86. The number of aliphatic hydroxyl groups excluding tert-OH is 1. The average molecular weight is 374 g/mol.